The van der Waals surface area contributed by atoms with E-state index in [0.717, 1.165) is 0 Å². The van der Waals surface area contributed by atoms with Crippen LogP contribution in [0.5, 0.6) is 5.75 Å². The molecule has 0 spiro atoms. The Labute approximate surface area is 127 Å². The number of nitriles is 1. The fourth-order valence-electron chi connectivity index (χ4n) is 1.75. The first-order valence-electron chi connectivity index (χ1n) is 5.88. The molecule has 0 amide bonds. The van der Waals surface area contributed by atoms with Crippen LogP contribution in [0.4, 0.5) is 5.69 Å². The summed E-state index contributed by atoms with van der Waals surface area (Å²) >= 11 is 5.86. The van der Waals surface area contributed by atoms with Gasteiger partial charge in [0.15, 0.2) is 0 Å². The summed E-state index contributed by atoms with van der Waals surface area (Å²) in [5.74, 6) is -0.397. The summed E-state index contributed by atoms with van der Waals surface area (Å²) < 4.78 is 26.6. The third-order valence-corrected chi connectivity index (χ3v) is 4.24. The maximum absolute atomic E-state index is 12.1. The van der Waals surface area contributed by atoms with Crippen molar-refractivity contribution < 1.29 is 13.5 Å². The first-order chi connectivity index (χ1) is 9.91. The Bertz CT molecular complexity index is 813. The summed E-state index contributed by atoms with van der Waals surface area (Å²) in [6.07, 6.45) is 0. The first-order valence-corrected chi connectivity index (χ1v) is 7.91. The summed E-state index contributed by atoms with van der Waals surface area (Å²) in [5, 5.41) is 18.3. The van der Waals surface area contributed by atoms with Gasteiger partial charge in [0.25, 0.3) is 0 Å². The van der Waals surface area contributed by atoms with Gasteiger partial charge in [-0.15, -0.1) is 0 Å². The van der Waals surface area contributed by atoms with Gasteiger partial charge in [-0.2, -0.15) is 5.26 Å². The summed E-state index contributed by atoms with van der Waals surface area (Å²) in [6, 6.07) is 12.3. The van der Waals surface area contributed by atoms with Crippen LogP contribution in [0.15, 0.2) is 42.5 Å². The maximum Gasteiger partial charge on any atom is 0.237 e. The zero-order valence-corrected chi connectivity index (χ0v) is 12.3. The minimum Gasteiger partial charge on any atom is -0.508 e. The number of sulfonamides is 1. The molecule has 2 N–H and O–H groups in total. The van der Waals surface area contributed by atoms with E-state index in [0.29, 0.717) is 11.1 Å². The molecule has 0 aliphatic carbocycles. The molecule has 0 saturated heterocycles. The standard InChI is InChI=1S/C14H11ClN2O3S/c15-13-7-12(18)5-6-14(13)17-21(19,20)9-11-4-2-1-3-10(11)8-16/h1-7,17-18H,9H2. The number of anilines is 1. The number of phenolic OH excluding ortho intramolecular Hbond substituents is 1. The van der Waals surface area contributed by atoms with E-state index in [1.165, 1.54) is 18.2 Å². The molecule has 0 bridgehead atoms. The van der Waals surface area contributed by atoms with Crippen LogP contribution in [-0.4, -0.2) is 13.5 Å². The lowest BCUT2D eigenvalue weighted by Gasteiger charge is -2.10. The molecule has 0 radical (unpaired) electrons. The van der Waals surface area contributed by atoms with Crippen LogP contribution >= 0.6 is 11.6 Å². The largest absolute Gasteiger partial charge is 0.508 e. The van der Waals surface area contributed by atoms with Gasteiger partial charge in [-0.05, 0) is 23.8 Å². The van der Waals surface area contributed by atoms with Crippen molar-refractivity contribution >= 4 is 27.3 Å². The molecule has 108 valence electrons. The van der Waals surface area contributed by atoms with Crippen LogP contribution in [0.3, 0.4) is 0 Å². The van der Waals surface area contributed by atoms with Crippen LogP contribution in [0.1, 0.15) is 11.1 Å². The third kappa shape index (κ3) is 3.88. The molecule has 2 aromatic carbocycles. The number of halogens is 1. The van der Waals surface area contributed by atoms with E-state index in [2.05, 4.69) is 4.72 Å². The van der Waals surface area contributed by atoms with Gasteiger partial charge in [0, 0.05) is 6.07 Å². The molecule has 0 unspecified atom stereocenters. The maximum atomic E-state index is 12.1. The van der Waals surface area contributed by atoms with Crippen molar-refractivity contribution in [2.45, 2.75) is 5.75 Å². The number of nitrogens with zero attached hydrogens (tertiary/aromatic N) is 1. The number of hydrogen-bond donors (Lipinski definition) is 2. The van der Waals surface area contributed by atoms with E-state index in [4.69, 9.17) is 16.9 Å². The molecular formula is C14H11ClN2O3S. The zero-order chi connectivity index (χ0) is 15.5. The predicted octanol–water partition coefficient (Wildman–Crippen LogP) is 2.86. The van der Waals surface area contributed by atoms with E-state index in [-0.39, 0.29) is 22.2 Å². The molecule has 2 rings (SSSR count). The highest BCUT2D eigenvalue weighted by atomic mass is 35.5. The van der Waals surface area contributed by atoms with E-state index in [9.17, 15) is 13.5 Å². The molecule has 7 heteroatoms. The van der Waals surface area contributed by atoms with Crippen LogP contribution in [-0.2, 0) is 15.8 Å². The monoisotopic (exact) mass is 322 g/mol. The number of rotatable bonds is 4. The molecule has 5 nitrogen and oxygen atoms in total. The number of phenols is 1. The summed E-state index contributed by atoms with van der Waals surface area (Å²) in [6.45, 7) is 0. The lowest BCUT2D eigenvalue weighted by Crippen LogP contribution is -2.16. The molecular weight excluding hydrogens is 312 g/mol. The van der Waals surface area contributed by atoms with Crippen molar-refractivity contribution in [3.8, 4) is 11.8 Å². The van der Waals surface area contributed by atoms with Gasteiger partial charge in [0.2, 0.25) is 10.0 Å². The molecule has 21 heavy (non-hydrogen) atoms. The Morgan fingerprint density at radius 1 is 1.24 bits per heavy atom. The summed E-state index contributed by atoms with van der Waals surface area (Å²) in [5.41, 5.74) is 0.881. The highest BCUT2D eigenvalue weighted by molar-refractivity contribution is 7.91. The lowest BCUT2D eigenvalue weighted by molar-refractivity contribution is 0.475. The molecule has 0 aliphatic rings. The van der Waals surface area contributed by atoms with E-state index < -0.39 is 10.0 Å². The molecule has 0 aromatic heterocycles. The van der Waals surface area contributed by atoms with Gasteiger partial charge in [-0.25, -0.2) is 8.42 Å². The normalized spacial score (nSPS) is 10.9. The van der Waals surface area contributed by atoms with Gasteiger partial charge in [0.1, 0.15) is 5.75 Å². The fourth-order valence-corrected chi connectivity index (χ4v) is 3.27. The first kappa shape index (κ1) is 15.2. The number of hydrogen-bond acceptors (Lipinski definition) is 4. The Morgan fingerprint density at radius 3 is 2.62 bits per heavy atom. The minimum absolute atomic E-state index is 0.0576. The summed E-state index contributed by atoms with van der Waals surface area (Å²) in [7, 11) is -3.72. The smallest absolute Gasteiger partial charge is 0.237 e. The van der Waals surface area contributed by atoms with E-state index >= 15 is 0 Å². The number of aromatic hydroxyl groups is 1. The van der Waals surface area contributed by atoms with Crippen molar-refractivity contribution in [1.82, 2.24) is 0 Å². The highest BCUT2D eigenvalue weighted by Crippen LogP contribution is 2.27. The van der Waals surface area contributed by atoms with Crippen LogP contribution < -0.4 is 4.72 Å². The Kier molecular flexibility index (Phi) is 4.36. The van der Waals surface area contributed by atoms with Gasteiger partial charge in [0.05, 0.1) is 28.1 Å². The Balaban J connectivity index is 2.25. The average molecular weight is 323 g/mol. The quantitative estimate of drug-likeness (QED) is 0.847. The van der Waals surface area contributed by atoms with Crippen molar-refractivity contribution in [2.75, 3.05) is 4.72 Å². The van der Waals surface area contributed by atoms with Crippen molar-refractivity contribution in [1.29, 1.82) is 5.26 Å². The molecule has 0 atom stereocenters. The van der Waals surface area contributed by atoms with Crippen LogP contribution in [0.25, 0.3) is 0 Å². The Morgan fingerprint density at radius 2 is 1.95 bits per heavy atom. The number of benzene rings is 2. The van der Waals surface area contributed by atoms with Crippen LogP contribution in [0, 0.1) is 11.3 Å². The topological polar surface area (TPSA) is 90.2 Å². The lowest BCUT2D eigenvalue weighted by atomic mass is 10.1. The zero-order valence-electron chi connectivity index (χ0n) is 10.7. The van der Waals surface area contributed by atoms with E-state index in [1.807, 2.05) is 6.07 Å². The minimum atomic E-state index is -3.72. The fraction of sp³-hybridized carbons (Fsp3) is 0.0714. The highest BCUT2D eigenvalue weighted by Gasteiger charge is 2.16. The molecule has 0 aliphatic heterocycles. The van der Waals surface area contributed by atoms with E-state index in [1.54, 1.807) is 24.3 Å². The molecule has 0 saturated carbocycles. The van der Waals surface area contributed by atoms with Crippen molar-refractivity contribution in [2.24, 2.45) is 0 Å². The summed E-state index contributed by atoms with van der Waals surface area (Å²) in [4.78, 5) is 0. The molecule has 2 aromatic rings. The molecule has 0 heterocycles. The SMILES string of the molecule is N#Cc1ccccc1CS(=O)(=O)Nc1ccc(O)cc1Cl. The second kappa shape index (κ2) is 6.04. The predicted molar refractivity (Wildman–Crippen MR) is 80.5 cm³/mol. The number of nitrogens with one attached hydrogen (secondary N) is 1. The second-order valence-electron chi connectivity index (χ2n) is 4.29. The van der Waals surface area contributed by atoms with Gasteiger partial charge >= 0.3 is 0 Å². The van der Waals surface area contributed by atoms with Crippen LogP contribution in [0.2, 0.25) is 5.02 Å². The van der Waals surface area contributed by atoms with Crippen molar-refractivity contribution in [3.63, 3.8) is 0 Å². The van der Waals surface area contributed by atoms with Gasteiger partial charge in [-0.3, -0.25) is 4.72 Å². The van der Waals surface area contributed by atoms with Gasteiger partial charge in [-0.1, -0.05) is 29.8 Å². The van der Waals surface area contributed by atoms with Crippen molar-refractivity contribution in [3.05, 3.63) is 58.6 Å². The average Bonchev–Trinajstić information content (AvgIpc) is 2.42. The third-order valence-electron chi connectivity index (χ3n) is 2.70. The molecule has 0 fully saturated rings. The second-order valence-corrected chi connectivity index (χ2v) is 6.42. The van der Waals surface area contributed by atoms with Gasteiger partial charge < -0.3 is 5.11 Å². The Hall–Kier alpha value is -2.23.